The number of aliphatic hydroxyl groups excluding tert-OH is 2. The van der Waals surface area contributed by atoms with Gasteiger partial charge in [0.25, 0.3) is 0 Å². The molecule has 1 fully saturated rings. The van der Waals surface area contributed by atoms with Gasteiger partial charge in [-0.25, -0.2) is 0 Å². The molecule has 17 heavy (non-hydrogen) atoms. The van der Waals surface area contributed by atoms with Gasteiger partial charge in [0.15, 0.2) is 0 Å². The molecule has 1 rings (SSSR count). The number of likely N-dealkylation sites (N-methyl/N-ethyl adjacent to an activating group) is 1. The highest BCUT2D eigenvalue weighted by Crippen LogP contribution is 2.22. The maximum absolute atomic E-state index is 9.92. The van der Waals surface area contributed by atoms with Gasteiger partial charge in [-0.2, -0.15) is 0 Å². The Morgan fingerprint density at radius 1 is 1.29 bits per heavy atom. The summed E-state index contributed by atoms with van der Waals surface area (Å²) in [5.74, 6) is 0. The molecular formula is C13H27NO3. The third-order valence-electron chi connectivity index (χ3n) is 3.38. The fourth-order valence-corrected chi connectivity index (χ4v) is 2.43. The first-order valence-electron chi connectivity index (χ1n) is 6.68. The van der Waals surface area contributed by atoms with E-state index in [4.69, 9.17) is 4.74 Å². The van der Waals surface area contributed by atoms with Crippen LogP contribution in [0.1, 0.15) is 39.5 Å². The molecule has 3 atom stereocenters. The lowest BCUT2D eigenvalue weighted by Crippen LogP contribution is -2.47. The lowest BCUT2D eigenvalue weighted by Gasteiger charge is -2.36. The van der Waals surface area contributed by atoms with E-state index < -0.39 is 6.10 Å². The molecule has 4 nitrogen and oxygen atoms in total. The number of aliphatic hydroxyl groups is 2. The minimum absolute atomic E-state index is 0.148. The van der Waals surface area contributed by atoms with Crippen LogP contribution in [0.5, 0.6) is 0 Å². The molecule has 1 aliphatic carbocycles. The first-order chi connectivity index (χ1) is 8.00. The van der Waals surface area contributed by atoms with E-state index >= 15 is 0 Å². The summed E-state index contributed by atoms with van der Waals surface area (Å²) in [4.78, 5) is 2.07. The quantitative estimate of drug-likeness (QED) is 0.733. The van der Waals surface area contributed by atoms with Crippen molar-refractivity contribution in [2.75, 3.05) is 20.2 Å². The normalized spacial score (nSPS) is 27.7. The average molecular weight is 245 g/mol. The van der Waals surface area contributed by atoms with E-state index in [1.807, 2.05) is 20.9 Å². The molecule has 0 aromatic rings. The highest BCUT2D eigenvalue weighted by Gasteiger charge is 2.27. The zero-order valence-electron chi connectivity index (χ0n) is 11.3. The number of ether oxygens (including phenoxy) is 1. The van der Waals surface area contributed by atoms with Gasteiger partial charge in [-0.05, 0) is 33.7 Å². The monoisotopic (exact) mass is 245 g/mol. The summed E-state index contributed by atoms with van der Waals surface area (Å²) in [6.45, 7) is 4.85. The molecule has 4 heteroatoms. The molecule has 0 aliphatic heterocycles. The lowest BCUT2D eigenvalue weighted by atomic mass is 9.91. The third-order valence-corrected chi connectivity index (χ3v) is 3.38. The molecule has 0 radical (unpaired) electrons. The van der Waals surface area contributed by atoms with Gasteiger partial charge < -0.3 is 14.9 Å². The second-order valence-electron chi connectivity index (χ2n) is 5.39. The molecular weight excluding hydrogens is 218 g/mol. The summed E-state index contributed by atoms with van der Waals surface area (Å²) in [6, 6.07) is 0.192. The number of nitrogens with zero attached hydrogens (tertiary/aromatic N) is 1. The maximum Gasteiger partial charge on any atom is 0.0900 e. The van der Waals surface area contributed by atoms with Crippen molar-refractivity contribution in [1.29, 1.82) is 0 Å². The molecule has 1 saturated carbocycles. The van der Waals surface area contributed by atoms with E-state index in [9.17, 15) is 10.2 Å². The van der Waals surface area contributed by atoms with Crippen LogP contribution in [0, 0.1) is 0 Å². The second kappa shape index (κ2) is 7.31. The Hall–Kier alpha value is -0.160. The summed E-state index contributed by atoms with van der Waals surface area (Å²) in [5, 5.41) is 19.8. The Bertz CT molecular complexity index is 211. The number of hydrogen-bond donors (Lipinski definition) is 2. The Labute approximate surface area is 105 Å². The van der Waals surface area contributed by atoms with Crippen LogP contribution >= 0.6 is 0 Å². The molecule has 0 aromatic heterocycles. The van der Waals surface area contributed by atoms with Crippen molar-refractivity contribution in [3.8, 4) is 0 Å². The number of hydrogen-bond acceptors (Lipinski definition) is 4. The van der Waals surface area contributed by atoms with Crippen molar-refractivity contribution in [2.45, 2.75) is 63.9 Å². The van der Waals surface area contributed by atoms with Crippen LogP contribution in [-0.4, -0.2) is 59.7 Å². The van der Waals surface area contributed by atoms with Crippen LogP contribution in [0.25, 0.3) is 0 Å². The molecule has 2 N–H and O–H groups in total. The van der Waals surface area contributed by atoms with E-state index in [1.54, 1.807) is 0 Å². The smallest absolute Gasteiger partial charge is 0.0900 e. The van der Waals surface area contributed by atoms with Crippen LogP contribution in [0.3, 0.4) is 0 Å². The molecule has 0 spiro atoms. The Kier molecular flexibility index (Phi) is 6.41. The summed E-state index contributed by atoms with van der Waals surface area (Å²) in [5.41, 5.74) is 0. The Balaban J connectivity index is 2.29. The van der Waals surface area contributed by atoms with Gasteiger partial charge in [0.05, 0.1) is 24.9 Å². The highest BCUT2D eigenvalue weighted by atomic mass is 16.5. The minimum atomic E-state index is -0.475. The van der Waals surface area contributed by atoms with Gasteiger partial charge in [0, 0.05) is 12.6 Å². The van der Waals surface area contributed by atoms with E-state index in [0.29, 0.717) is 13.2 Å². The Morgan fingerprint density at radius 2 is 1.94 bits per heavy atom. The van der Waals surface area contributed by atoms with E-state index in [2.05, 4.69) is 4.90 Å². The fourth-order valence-electron chi connectivity index (χ4n) is 2.43. The second-order valence-corrected chi connectivity index (χ2v) is 5.39. The lowest BCUT2D eigenvalue weighted by molar-refractivity contribution is -0.0286. The van der Waals surface area contributed by atoms with E-state index in [-0.39, 0.29) is 18.2 Å². The van der Waals surface area contributed by atoms with Crippen molar-refractivity contribution >= 4 is 0 Å². The van der Waals surface area contributed by atoms with Gasteiger partial charge in [-0.3, -0.25) is 4.90 Å². The molecule has 0 amide bonds. The van der Waals surface area contributed by atoms with Crippen molar-refractivity contribution in [1.82, 2.24) is 4.90 Å². The van der Waals surface area contributed by atoms with Crippen molar-refractivity contribution < 1.29 is 14.9 Å². The molecule has 0 aromatic carbocycles. The molecule has 0 heterocycles. The van der Waals surface area contributed by atoms with Crippen molar-refractivity contribution in [3.63, 3.8) is 0 Å². The van der Waals surface area contributed by atoms with Crippen LogP contribution in [-0.2, 0) is 4.74 Å². The van der Waals surface area contributed by atoms with Crippen LogP contribution in [0.4, 0.5) is 0 Å². The SMILES string of the molecule is CC(C)OCC(O)CN(C)C1CCCCC1O. The third kappa shape index (κ3) is 5.34. The first-order valence-corrected chi connectivity index (χ1v) is 6.68. The van der Waals surface area contributed by atoms with E-state index in [0.717, 1.165) is 19.3 Å². The highest BCUT2D eigenvalue weighted by molar-refractivity contribution is 4.82. The van der Waals surface area contributed by atoms with Gasteiger partial charge in [-0.15, -0.1) is 0 Å². The minimum Gasteiger partial charge on any atom is -0.391 e. The summed E-state index contributed by atoms with van der Waals surface area (Å²) < 4.78 is 5.38. The van der Waals surface area contributed by atoms with Crippen molar-refractivity contribution in [3.05, 3.63) is 0 Å². The molecule has 1 aliphatic rings. The average Bonchev–Trinajstić information content (AvgIpc) is 2.26. The molecule has 0 saturated heterocycles. The summed E-state index contributed by atoms with van der Waals surface area (Å²) in [6.07, 6.45) is 3.62. The van der Waals surface area contributed by atoms with Crippen LogP contribution in [0.15, 0.2) is 0 Å². The van der Waals surface area contributed by atoms with Gasteiger partial charge in [-0.1, -0.05) is 12.8 Å². The molecule has 102 valence electrons. The Morgan fingerprint density at radius 3 is 2.53 bits per heavy atom. The summed E-state index contributed by atoms with van der Waals surface area (Å²) >= 11 is 0. The van der Waals surface area contributed by atoms with Gasteiger partial charge >= 0.3 is 0 Å². The maximum atomic E-state index is 9.92. The summed E-state index contributed by atoms with van der Waals surface area (Å²) in [7, 11) is 1.97. The van der Waals surface area contributed by atoms with Crippen molar-refractivity contribution in [2.24, 2.45) is 0 Å². The standard InChI is InChI=1S/C13H27NO3/c1-10(2)17-9-11(15)8-14(3)12-6-4-5-7-13(12)16/h10-13,15-16H,4-9H2,1-3H3. The zero-order chi connectivity index (χ0) is 12.8. The van der Waals surface area contributed by atoms with Gasteiger partial charge in [0.1, 0.15) is 0 Å². The van der Waals surface area contributed by atoms with Gasteiger partial charge in [0.2, 0.25) is 0 Å². The largest absolute Gasteiger partial charge is 0.391 e. The van der Waals surface area contributed by atoms with Crippen LogP contribution < -0.4 is 0 Å². The predicted octanol–water partition coefficient (Wildman–Crippen LogP) is 1.01. The zero-order valence-corrected chi connectivity index (χ0v) is 11.3. The predicted molar refractivity (Wildman–Crippen MR) is 68.0 cm³/mol. The van der Waals surface area contributed by atoms with E-state index in [1.165, 1.54) is 6.42 Å². The first kappa shape index (κ1) is 14.9. The number of rotatable bonds is 6. The molecule has 0 bridgehead atoms. The topological polar surface area (TPSA) is 52.9 Å². The van der Waals surface area contributed by atoms with Crippen LogP contribution in [0.2, 0.25) is 0 Å². The fraction of sp³-hybridized carbons (Fsp3) is 1.00. The molecule has 3 unspecified atom stereocenters.